The van der Waals surface area contributed by atoms with E-state index in [9.17, 15) is 4.21 Å². The minimum absolute atomic E-state index is 0.839. The molecule has 5 rings (SSSR count). The summed E-state index contributed by atoms with van der Waals surface area (Å²) in [6.45, 7) is 2.06. The number of rotatable bonds is 7. The quantitative estimate of drug-likeness (QED) is 0.217. The summed E-state index contributed by atoms with van der Waals surface area (Å²) in [5, 5.41) is 0. The zero-order chi connectivity index (χ0) is 24.8. The second-order valence-corrected chi connectivity index (χ2v) is 22.1. The van der Waals surface area contributed by atoms with Crippen LogP contribution in [0.4, 0.5) is 0 Å². The molecular weight excluding hydrogens is 563 g/mol. The van der Waals surface area contributed by atoms with Crippen molar-refractivity contribution < 1.29 is 4.21 Å². The standard InChI is InChI=1S/C15H13OS.3C6H5.Sn/c1-13-7-9-15(10-8-13)17(16)12-11-14-5-3-2-4-6-14;3*1-2-4-6-5-3-1;/h2-11H,1H3;3*1-5H;. The van der Waals surface area contributed by atoms with E-state index in [2.05, 4.69) is 128 Å². The second kappa shape index (κ2) is 11.2. The molecule has 3 heteroatoms. The van der Waals surface area contributed by atoms with E-state index in [4.69, 9.17) is 0 Å². The first kappa shape index (κ1) is 24.5. The third-order valence-electron chi connectivity index (χ3n) is 6.52. The topological polar surface area (TPSA) is 17.1 Å². The summed E-state index contributed by atoms with van der Waals surface area (Å²) in [5.41, 5.74) is 2.23. The van der Waals surface area contributed by atoms with Crippen LogP contribution in [-0.4, -0.2) is 22.6 Å². The van der Waals surface area contributed by atoms with Crippen LogP contribution < -0.4 is 10.7 Å². The van der Waals surface area contributed by atoms with Gasteiger partial charge in [-0.2, -0.15) is 0 Å². The summed E-state index contributed by atoms with van der Waals surface area (Å²) in [7, 11) is -1.35. The van der Waals surface area contributed by atoms with Crippen LogP contribution in [0.3, 0.4) is 0 Å². The SMILES string of the molecule is Cc1ccc(S(=O)/[C](=C/c2ccccc2)[Sn]([c]2ccccc2)([c]2ccccc2)[c]2ccccc2)cc1. The molecule has 0 saturated carbocycles. The first-order chi connectivity index (χ1) is 17.7. The number of aryl methyl sites for hydroxylation is 1. The fourth-order valence-corrected chi connectivity index (χ4v) is 24.0. The molecule has 0 heterocycles. The van der Waals surface area contributed by atoms with Crippen LogP contribution in [0.15, 0.2) is 153 Å². The van der Waals surface area contributed by atoms with Crippen molar-refractivity contribution in [3.05, 3.63) is 160 Å². The molecule has 0 aliphatic carbocycles. The van der Waals surface area contributed by atoms with Crippen LogP contribution in [0.2, 0.25) is 0 Å². The molecule has 176 valence electrons. The van der Waals surface area contributed by atoms with E-state index in [1.54, 1.807) is 0 Å². The third kappa shape index (κ3) is 4.88. The summed E-state index contributed by atoms with van der Waals surface area (Å²) in [4.78, 5) is 0.839. The van der Waals surface area contributed by atoms with Gasteiger partial charge in [-0.05, 0) is 0 Å². The van der Waals surface area contributed by atoms with Crippen molar-refractivity contribution in [3.63, 3.8) is 0 Å². The first-order valence-electron chi connectivity index (χ1n) is 12.1. The van der Waals surface area contributed by atoms with Crippen molar-refractivity contribution in [3.8, 4) is 0 Å². The van der Waals surface area contributed by atoms with E-state index < -0.39 is 29.2 Å². The van der Waals surface area contributed by atoms with Gasteiger partial charge in [0.1, 0.15) is 0 Å². The fraction of sp³-hybridized carbons (Fsp3) is 0.0303. The molecule has 0 aliphatic heterocycles. The molecule has 0 spiro atoms. The number of benzene rings is 5. The van der Waals surface area contributed by atoms with Crippen LogP contribution in [0.1, 0.15) is 11.1 Å². The molecule has 0 N–H and O–H groups in total. The minimum atomic E-state index is -4.04. The van der Waals surface area contributed by atoms with Crippen LogP contribution in [-0.2, 0) is 10.8 Å². The van der Waals surface area contributed by atoms with Crippen molar-refractivity contribution in [1.29, 1.82) is 0 Å². The molecular formula is C33H28OSSn. The normalized spacial score (nSPS) is 12.8. The Kier molecular flexibility index (Phi) is 7.64. The van der Waals surface area contributed by atoms with Crippen LogP contribution in [0.5, 0.6) is 0 Å². The molecule has 0 saturated heterocycles. The Bertz CT molecular complexity index is 1370. The molecule has 36 heavy (non-hydrogen) atoms. The molecule has 5 aromatic carbocycles. The molecule has 1 atom stereocenters. The van der Waals surface area contributed by atoms with E-state index >= 15 is 0 Å². The van der Waals surface area contributed by atoms with Crippen molar-refractivity contribution in [1.82, 2.24) is 0 Å². The zero-order valence-electron chi connectivity index (χ0n) is 20.3. The van der Waals surface area contributed by atoms with Crippen molar-refractivity contribution in [2.24, 2.45) is 0 Å². The Balaban J connectivity index is 1.91. The Morgan fingerprint density at radius 3 is 1.36 bits per heavy atom. The molecule has 1 unspecified atom stereocenters. The van der Waals surface area contributed by atoms with Crippen LogP contribution in [0, 0.1) is 6.92 Å². The predicted octanol–water partition coefficient (Wildman–Crippen LogP) is 5.85. The average molecular weight is 591 g/mol. The van der Waals surface area contributed by atoms with Gasteiger partial charge < -0.3 is 0 Å². The summed E-state index contributed by atoms with van der Waals surface area (Å²) < 4.78 is 19.6. The Labute approximate surface area is 220 Å². The van der Waals surface area contributed by atoms with Gasteiger partial charge in [0, 0.05) is 0 Å². The van der Waals surface area contributed by atoms with Crippen molar-refractivity contribution in [2.45, 2.75) is 11.8 Å². The molecule has 0 bridgehead atoms. The monoisotopic (exact) mass is 592 g/mol. The van der Waals surface area contributed by atoms with Crippen molar-refractivity contribution >= 4 is 46.0 Å². The molecule has 0 fully saturated rings. The third-order valence-corrected chi connectivity index (χ3v) is 24.2. The molecule has 0 radical (unpaired) electrons. The van der Waals surface area contributed by atoms with Gasteiger partial charge in [0.2, 0.25) is 0 Å². The molecule has 1 nitrogen and oxygen atoms in total. The van der Waals surface area contributed by atoms with Gasteiger partial charge in [-0.25, -0.2) is 0 Å². The maximum absolute atomic E-state index is 14.7. The van der Waals surface area contributed by atoms with E-state index in [0.29, 0.717) is 0 Å². The van der Waals surface area contributed by atoms with Crippen LogP contribution in [0.25, 0.3) is 6.08 Å². The van der Waals surface area contributed by atoms with Gasteiger partial charge in [0.05, 0.1) is 0 Å². The maximum atomic E-state index is 14.7. The van der Waals surface area contributed by atoms with E-state index in [1.807, 2.05) is 30.3 Å². The Morgan fingerprint density at radius 2 is 0.944 bits per heavy atom. The van der Waals surface area contributed by atoms with Gasteiger partial charge in [0.15, 0.2) is 0 Å². The molecule has 0 aliphatic rings. The van der Waals surface area contributed by atoms with E-state index in [1.165, 1.54) is 10.7 Å². The zero-order valence-corrected chi connectivity index (χ0v) is 23.9. The van der Waals surface area contributed by atoms with E-state index in [-0.39, 0.29) is 0 Å². The summed E-state index contributed by atoms with van der Waals surface area (Å²) in [6, 6.07) is 50.7. The summed E-state index contributed by atoms with van der Waals surface area (Å²) in [6.07, 6.45) is 2.21. The predicted molar refractivity (Wildman–Crippen MR) is 156 cm³/mol. The van der Waals surface area contributed by atoms with Gasteiger partial charge in [-0.1, -0.05) is 0 Å². The van der Waals surface area contributed by atoms with Crippen molar-refractivity contribution in [2.75, 3.05) is 0 Å². The van der Waals surface area contributed by atoms with Gasteiger partial charge in [-0.15, -0.1) is 0 Å². The van der Waals surface area contributed by atoms with E-state index in [0.717, 1.165) is 18.9 Å². The number of hydrogen-bond acceptors (Lipinski definition) is 1. The number of hydrogen-bond donors (Lipinski definition) is 0. The summed E-state index contributed by atoms with van der Waals surface area (Å²) >= 11 is -4.04. The summed E-state index contributed by atoms with van der Waals surface area (Å²) in [5.74, 6) is 0. The van der Waals surface area contributed by atoms with Crippen LogP contribution >= 0.6 is 0 Å². The van der Waals surface area contributed by atoms with Gasteiger partial charge >= 0.3 is 222 Å². The van der Waals surface area contributed by atoms with Gasteiger partial charge in [-0.3, -0.25) is 0 Å². The molecule has 5 aromatic rings. The second-order valence-electron chi connectivity index (χ2n) is 8.85. The van der Waals surface area contributed by atoms with Gasteiger partial charge in [0.25, 0.3) is 0 Å². The Hall–Kier alpha value is -3.21. The fourth-order valence-electron chi connectivity index (χ4n) is 4.78. The Morgan fingerprint density at radius 1 is 0.556 bits per heavy atom. The molecule has 0 amide bonds. The molecule has 0 aromatic heterocycles. The first-order valence-corrected chi connectivity index (χ1v) is 19.0. The average Bonchev–Trinajstić information content (AvgIpc) is 2.95.